The molecule has 1 N–H and O–H groups in total. The number of hydrogen-bond acceptors (Lipinski definition) is 5. The summed E-state index contributed by atoms with van der Waals surface area (Å²) in [6.07, 6.45) is -1.47. The van der Waals surface area contributed by atoms with Crippen molar-refractivity contribution in [1.29, 1.82) is 0 Å². The molecule has 2 heterocycles. The van der Waals surface area contributed by atoms with E-state index in [9.17, 15) is 27.2 Å². The summed E-state index contributed by atoms with van der Waals surface area (Å²) in [5.74, 6) is -4.44. The molecule has 0 radical (unpaired) electrons. The van der Waals surface area contributed by atoms with Crippen molar-refractivity contribution >= 4 is 12.0 Å². The maximum atomic E-state index is 14.6. The second-order valence-corrected chi connectivity index (χ2v) is 11.3. The Morgan fingerprint density at radius 1 is 0.953 bits per heavy atom. The fraction of sp³-hybridized carbons (Fsp3) is 0.290. The predicted octanol–water partition coefficient (Wildman–Crippen LogP) is 5.86. The van der Waals surface area contributed by atoms with Gasteiger partial charge in [0.25, 0.3) is 0 Å². The van der Waals surface area contributed by atoms with Crippen molar-refractivity contribution in [2.75, 3.05) is 0 Å². The minimum atomic E-state index is -1.35. The maximum absolute atomic E-state index is 14.6. The first-order valence-electron chi connectivity index (χ1n) is 13.6. The molecule has 3 aromatic carbocycles. The minimum Gasteiger partial charge on any atom is -0.444 e. The average Bonchev–Trinajstić information content (AvgIpc) is 3.26. The van der Waals surface area contributed by atoms with Crippen LogP contribution in [-0.4, -0.2) is 43.5 Å². The Labute approximate surface area is 245 Å². The topological polar surface area (TPSA) is 89.4 Å². The van der Waals surface area contributed by atoms with Crippen LogP contribution in [0.25, 0.3) is 16.9 Å². The number of carbonyl (C=O) groups excluding carboxylic acids is 2. The van der Waals surface area contributed by atoms with Gasteiger partial charge in [0.2, 0.25) is 5.91 Å². The molecule has 1 aliphatic rings. The van der Waals surface area contributed by atoms with E-state index in [4.69, 9.17) is 4.74 Å². The van der Waals surface area contributed by atoms with Gasteiger partial charge in [-0.3, -0.25) is 4.79 Å². The fourth-order valence-corrected chi connectivity index (χ4v) is 4.91. The highest BCUT2D eigenvalue weighted by Gasteiger charge is 2.30. The Kier molecular flexibility index (Phi) is 8.21. The number of benzene rings is 3. The number of fused-ring (bicyclic) bond motifs is 3. The van der Waals surface area contributed by atoms with Crippen molar-refractivity contribution in [2.45, 2.75) is 58.3 Å². The molecule has 5 rings (SSSR count). The standard InChI is InChI=1S/C31H29F4N5O3/c1-31(2,3)43-30(42)36-22(12-20-13-24(34)25(35)15-23(20)33)14-28(41)39-16-19-6-4-5-7-26(19)40-27(17-39)29(37-38-40)18-8-10-21(32)11-9-18/h4-11,13,15,22H,12,14,16-17H2,1-3H3,(H,36,42). The summed E-state index contributed by atoms with van der Waals surface area (Å²) < 4.78 is 62.7. The van der Waals surface area contributed by atoms with Crippen LogP contribution in [0.1, 0.15) is 44.0 Å². The Hall–Kier alpha value is -4.74. The van der Waals surface area contributed by atoms with Crippen molar-refractivity contribution in [3.8, 4) is 16.9 Å². The van der Waals surface area contributed by atoms with Gasteiger partial charge in [-0.1, -0.05) is 23.4 Å². The number of para-hydroxylation sites is 1. The number of aromatic nitrogens is 3. The van der Waals surface area contributed by atoms with Gasteiger partial charge in [-0.15, -0.1) is 5.10 Å². The van der Waals surface area contributed by atoms with E-state index >= 15 is 0 Å². The van der Waals surface area contributed by atoms with Crippen LogP contribution in [-0.2, 0) is 29.0 Å². The third-order valence-electron chi connectivity index (χ3n) is 6.85. The summed E-state index contributed by atoms with van der Waals surface area (Å²) >= 11 is 0. The maximum Gasteiger partial charge on any atom is 0.407 e. The molecular weight excluding hydrogens is 566 g/mol. The van der Waals surface area contributed by atoms with Gasteiger partial charge < -0.3 is 15.0 Å². The highest BCUT2D eigenvalue weighted by molar-refractivity contribution is 5.79. The molecule has 1 aliphatic heterocycles. The van der Waals surface area contributed by atoms with E-state index in [-0.39, 0.29) is 31.5 Å². The molecule has 1 aromatic heterocycles. The molecule has 0 saturated carbocycles. The van der Waals surface area contributed by atoms with Gasteiger partial charge in [-0.2, -0.15) is 0 Å². The summed E-state index contributed by atoms with van der Waals surface area (Å²) in [5, 5.41) is 11.2. The Balaban J connectivity index is 1.46. The van der Waals surface area contributed by atoms with E-state index in [1.165, 1.54) is 12.1 Å². The van der Waals surface area contributed by atoms with Crippen LogP contribution in [0.3, 0.4) is 0 Å². The molecule has 0 aliphatic carbocycles. The predicted molar refractivity (Wildman–Crippen MR) is 149 cm³/mol. The van der Waals surface area contributed by atoms with Crippen LogP contribution < -0.4 is 5.32 Å². The van der Waals surface area contributed by atoms with Crippen LogP contribution >= 0.6 is 0 Å². The number of halogens is 4. The van der Waals surface area contributed by atoms with Crippen LogP contribution in [0.4, 0.5) is 22.4 Å². The zero-order valence-electron chi connectivity index (χ0n) is 23.7. The normalized spacial score (nSPS) is 13.5. The first kappa shape index (κ1) is 29.7. The summed E-state index contributed by atoms with van der Waals surface area (Å²) in [6.45, 7) is 5.22. The number of carbonyl (C=O) groups is 2. The molecule has 2 amide bonds. The molecule has 1 unspecified atom stereocenters. The van der Waals surface area contributed by atoms with E-state index in [2.05, 4.69) is 15.6 Å². The molecule has 1 atom stereocenters. The van der Waals surface area contributed by atoms with Gasteiger partial charge in [-0.05, 0) is 74.7 Å². The molecule has 8 nitrogen and oxygen atoms in total. The number of ether oxygens (including phenoxy) is 1. The number of alkyl carbamates (subject to hydrolysis) is 1. The third kappa shape index (κ3) is 6.85. The number of nitrogens with zero attached hydrogens (tertiary/aromatic N) is 4. The van der Waals surface area contributed by atoms with Crippen LogP contribution in [0.2, 0.25) is 0 Å². The van der Waals surface area contributed by atoms with Gasteiger partial charge in [0.1, 0.15) is 22.9 Å². The summed E-state index contributed by atoms with van der Waals surface area (Å²) in [6, 6.07) is 13.2. The van der Waals surface area contributed by atoms with Gasteiger partial charge in [0.15, 0.2) is 11.6 Å². The quantitative estimate of drug-likeness (QED) is 0.223. The second kappa shape index (κ2) is 11.9. The van der Waals surface area contributed by atoms with E-state index in [1.807, 2.05) is 24.3 Å². The SMILES string of the molecule is CC(C)(C)OC(=O)NC(CC(=O)N1Cc2ccccc2-n2nnc(-c3ccc(F)cc3)c2C1)Cc1cc(F)c(F)cc1F. The molecular formula is C31H29F4N5O3. The Morgan fingerprint density at radius 2 is 1.65 bits per heavy atom. The monoisotopic (exact) mass is 595 g/mol. The lowest BCUT2D eigenvalue weighted by Gasteiger charge is -2.26. The zero-order chi connectivity index (χ0) is 30.9. The Morgan fingerprint density at radius 3 is 2.37 bits per heavy atom. The molecule has 0 fully saturated rings. The molecule has 224 valence electrons. The zero-order valence-corrected chi connectivity index (χ0v) is 23.7. The van der Waals surface area contributed by atoms with Gasteiger partial charge in [0, 0.05) is 30.6 Å². The number of amides is 2. The lowest BCUT2D eigenvalue weighted by molar-refractivity contribution is -0.133. The molecule has 43 heavy (non-hydrogen) atoms. The summed E-state index contributed by atoms with van der Waals surface area (Å²) in [5.41, 5.74) is 2.05. The van der Waals surface area contributed by atoms with E-state index < -0.39 is 46.9 Å². The third-order valence-corrected chi connectivity index (χ3v) is 6.85. The molecule has 0 spiro atoms. The molecule has 0 saturated heterocycles. The van der Waals surface area contributed by atoms with Crippen molar-refractivity contribution < 1.29 is 31.9 Å². The largest absolute Gasteiger partial charge is 0.444 e. The highest BCUT2D eigenvalue weighted by Crippen LogP contribution is 2.30. The van der Waals surface area contributed by atoms with Gasteiger partial charge >= 0.3 is 6.09 Å². The second-order valence-electron chi connectivity index (χ2n) is 11.3. The highest BCUT2D eigenvalue weighted by atomic mass is 19.2. The summed E-state index contributed by atoms with van der Waals surface area (Å²) in [7, 11) is 0. The van der Waals surface area contributed by atoms with Crippen molar-refractivity contribution in [2.24, 2.45) is 0 Å². The lowest BCUT2D eigenvalue weighted by Crippen LogP contribution is -2.43. The minimum absolute atomic E-state index is 0.0614. The number of nitrogens with one attached hydrogen (secondary N) is 1. The first-order chi connectivity index (χ1) is 20.4. The van der Waals surface area contributed by atoms with Crippen molar-refractivity contribution in [3.63, 3.8) is 0 Å². The van der Waals surface area contributed by atoms with Crippen molar-refractivity contribution in [3.05, 3.63) is 101 Å². The number of rotatable bonds is 6. The smallest absolute Gasteiger partial charge is 0.407 e. The summed E-state index contributed by atoms with van der Waals surface area (Å²) in [4.78, 5) is 28.1. The molecule has 4 aromatic rings. The van der Waals surface area contributed by atoms with E-state index in [0.717, 1.165) is 5.56 Å². The molecule has 12 heteroatoms. The van der Waals surface area contributed by atoms with Crippen LogP contribution in [0.5, 0.6) is 0 Å². The van der Waals surface area contributed by atoms with Crippen LogP contribution in [0, 0.1) is 23.3 Å². The first-order valence-corrected chi connectivity index (χ1v) is 13.6. The van der Waals surface area contributed by atoms with E-state index in [1.54, 1.807) is 42.5 Å². The fourth-order valence-electron chi connectivity index (χ4n) is 4.91. The van der Waals surface area contributed by atoms with Gasteiger partial charge in [-0.25, -0.2) is 27.0 Å². The Bertz CT molecular complexity index is 1670. The van der Waals surface area contributed by atoms with E-state index in [0.29, 0.717) is 34.8 Å². The number of hydrogen-bond donors (Lipinski definition) is 1. The molecule has 0 bridgehead atoms. The van der Waals surface area contributed by atoms with Crippen molar-refractivity contribution in [1.82, 2.24) is 25.2 Å². The van der Waals surface area contributed by atoms with Crippen LogP contribution in [0.15, 0.2) is 60.7 Å². The average molecular weight is 596 g/mol. The lowest BCUT2D eigenvalue weighted by atomic mass is 10.0. The van der Waals surface area contributed by atoms with Gasteiger partial charge in [0.05, 0.1) is 17.9 Å².